The molecule has 0 saturated carbocycles. The van der Waals surface area contributed by atoms with Gasteiger partial charge in [0, 0.05) is 36.7 Å². The standard InChI is InChI=1S/C21H20N8O2S/c1-12-24-20(29-31-12)13-7-6-8-14(19(13)32-3)25-15-11-17(26-16-9-4-5-10-23-16)27-28-18(15)21(30)22-2/h4-11H,1-3H3,(H,22,30)(H2,23,25,26,27). The summed E-state index contributed by atoms with van der Waals surface area (Å²) in [6.07, 6.45) is 3.62. The third kappa shape index (κ3) is 4.52. The average Bonchev–Trinajstić information content (AvgIpc) is 3.25. The van der Waals surface area contributed by atoms with Gasteiger partial charge in [-0.3, -0.25) is 4.79 Å². The number of hydrogen-bond acceptors (Lipinski definition) is 10. The fourth-order valence-electron chi connectivity index (χ4n) is 2.99. The third-order valence-electron chi connectivity index (χ3n) is 4.41. The first-order valence-corrected chi connectivity index (χ1v) is 10.8. The number of carbonyl (C=O) groups excluding carboxylic acids is 1. The number of rotatable bonds is 7. The van der Waals surface area contributed by atoms with Crippen LogP contribution in [0.4, 0.5) is 23.0 Å². The maximum Gasteiger partial charge on any atom is 0.273 e. The van der Waals surface area contributed by atoms with E-state index in [1.807, 2.05) is 42.7 Å². The highest BCUT2D eigenvalue weighted by Gasteiger charge is 2.18. The third-order valence-corrected chi connectivity index (χ3v) is 5.26. The van der Waals surface area contributed by atoms with Crippen LogP contribution < -0.4 is 16.0 Å². The molecule has 10 nitrogen and oxygen atoms in total. The zero-order valence-corrected chi connectivity index (χ0v) is 18.4. The lowest BCUT2D eigenvalue weighted by molar-refractivity contribution is 0.0958. The number of hydrogen-bond donors (Lipinski definition) is 3. The second-order valence-electron chi connectivity index (χ2n) is 6.56. The van der Waals surface area contributed by atoms with Gasteiger partial charge in [-0.05, 0) is 30.5 Å². The number of amides is 1. The highest BCUT2D eigenvalue weighted by Crippen LogP contribution is 2.37. The molecule has 11 heteroatoms. The molecule has 3 aromatic heterocycles. The van der Waals surface area contributed by atoms with Gasteiger partial charge in [0.1, 0.15) is 5.82 Å². The second kappa shape index (κ2) is 9.43. The zero-order valence-electron chi connectivity index (χ0n) is 17.6. The number of thioether (sulfide) groups is 1. The summed E-state index contributed by atoms with van der Waals surface area (Å²) >= 11 is 1.53. The molecule has 0 fully saturated rings. The normalized spacial score (nSPS) is 10.6. The highest BCUT2D eigenvalue weighted by atomic mass is 32.2. The van der Waals surface area contributed by atoms with Gasteiger partial charge in [0.15, 0.2) is 11.5 Å². The lowest BCUT2D eigenvalue weighted by Gasteiger charge is -2.15. The topological polar surface area (TPSA) is 131 Å². The van der Waals surface area contributed by atoms with E-state index in [0.29, 0.717) is 29.0 Å². The number of pyridine rings is 1. The maximum absolute atomic E-state index is 12.4. The van der Waals surface area contributed by atoms with Crippen molar-refractivity contribution in [3.8, 4) is 11.4 Å². The van der Waals surface area contributed by atoms with Crippen molar-refractivity contribution in [2.75, 3.05) is 23.9 Å². The smallest absolute Gasteiger partial charge is 0.273 e. The number of aryl methyl sites for hydroxylation is 1. The molecule has 0 aliphatic heterocycles. The molecule has 32 heavy (non-hydrogen) atoms. The summed E-state index contributed by atoms with van der Waals surface area (Å²) in [5.74, 6) is 1.66. The fourth-order valence-corrected chi connectivity index (χ4v) is 3.71. The molecule has 0 atom stereocenters. The predicted octanol–water partition coefficient (Wildman–Crippen LogP) is 3.80. The lowest BCUT2D eigenvalue weighted by atomic mass is 10.1. The molecule has 0 aliphatic carbocycles. The monoisotopic (exact) mass is 448 g/mol. The number of nitrogens with zero attached hydrogens (tertiary/aromatic N) is 5. The molecule has 0 unspecified atom stereocenters. The van der Waals surface area contributed by atoms with Gasteiger partial charge in [0.2, 0.25) is 11.7 Å². The molecule has 1 amide bonds. The zero-order chi connectivity index (χ0) is 22.5. The van der Waals surface area contributed by atoms with Crippen LogP contribution >= 0.6 is 11.8 Å². The summed E-state index contributed by atoms with van der Waals surface area (Å²) < 4.78 is 5.14. The summed E-state index contributed by atoms with van der Waals surface area (Å²) in [7, 11) is 1.54. The first kappa shape index (κ1) is 21.2. The van der Waals surface area contributed by atoms with Crippen LogP contribution in [0.25, 0.3) is 11.4 Å². The van der Waals surface area contributed by atoms with Gasteiger partial charge >= 0.3 is 0 Å². The van der Waals surface area contributed by atoms with Crippen molar-refractivity contribution in [2.45, 2.75) is 11.8 Å². The fraction of sp³-hybridized carbons (Fsp3) is 0.143. The molecule has 0 spiro atoms. The molecule has 3 heterocycles. The number of nitrogens with one attached hydrogen (secondary N) is 3. The molecule has 0 saturated heterocycles. The van der Waals surface area contributed by atoms with E-state index in [1.165, 1.54) is 11.8 Å². The van der Waals surface area contributed by atoms with E-state index in [2.05, 4.69) is 41.3 Å². The number of benzene rings is 1. The Morgan fingerprint density at radius 3 is 2.59 bits per heavy atom. The Bertz CT molecular complexity index is 1250. The first-order chi connectivity index (χ1) is 15.6. The summed E-state index contributed by atoms with van der Waals surface area (Å²) in [4.78, 5) is 21.9. The van der Waals surface area contributed by atoms with Gasteiger partial charge in [-0.25, -0.2) is 4.98 Å². The molecule has 0 radical (unpaired) electrons. The molecule has 3 N–H and O–H groups in total. The van der Waals surface area contributed by atoms with E-state index in [0.717, 1.165) is 16.1 Å². The van der Waals surface area contributed by atoms with Gasteiger partial charge in [-0.15, -0.1) is 22.0 Å². The molecular formula is C21H20N8O2S. The van der Waals surface area contributed by atoms with Crippen LogP contribution in [-0.2, 0) is 0 Å². The molecule has 162 valence electrons. The quantitative estimate of drug-likeness (QED) is 0.359. The summed E-state index contributed by atoms with van der Waals surface area (Å²) in [6, 6.07) is 12.9. The number of anilines is 4. The summed E-state index contributed by atoms with van der Waals surface area (Å²) in [5, 5.41) is 21.3. The van der Waals surface area contributed by atoms with E-state index in [9.17, 15) is 4.79 Å². The molecule has 4 rings (SSSR count). The minimum absolute atomic E-state index is 0.159. The minimum Gasteiger partial charge on any atom is -0.354 e. The first-order valence-electron chi connectivity index (χ1n) is 9.61. The Kier molecular flexibility index (Phi) is 6.26. The molecular weight excluding hydrogens is 428 g/mol. The van der Waals surface area contributed by atoms with E-state index >= 15 is 0 Å². The Balaban J connectivity index is 1.74. The number of aromatic nitrogens is 5. The van der Waals surface area contributed by atoms with Gasteiger partial charge in [0.25, 0.3) is 5.91 Å². The summed E-state index contributed by atoms with van der Waals surface area (Å²) in [6.45, 7) is 1.74. The van der Waals surface area contributed by atoms with E-state index in [1.54, 1.807) is 26.2 Å². The predicted molar refractivity (Wildman–Crippen MR) is 122 cm³/mol. The van der Waals surface area contributed by atoms with Crippen molar-refractivity contribution in [1.29, 1.82) is 0 Å². The number of carbonyl (C=O) groups is 1. The van der Waals surface area contributed by atoms with Crippen molar-refractivity contribution >= 4 is 40.7 Å². The van der Waals surface area contributed by atoms with E-state index in [-0.39, 0.29) is 11.6 Å². The van der Waals surface area contributed by atoms with Crippen LogP contribution in [0.3, 0.4) is 0 Å². The second-order valence-corrected chi connectivity index (χ2v) is 7.38. The van der Waals surface area contributed by atoms with Gasteiger partial charge in [0.05, 0.1) is 11.4 Å². The largest absolute Gasteiger partial charge is 0.354 e. The van der Waals surface area contributed by atoms with E-state index < -0.39 is 0 Å². The Hall–Kier alpha value is -3.99. The van der Waals surface area contributed by atoms with Crippen molar-refractivity contribution < 1.29 is 9.32 Å². The van der Waals surface area contributed by atoms with E-state index in [4.69, 9.17) is 4.52 Å². The molecule has 0 aliphatic rings. The van der Waals surface area contributed by atoms with Crippen LogP contribution in [-0.4, -0.2) is 44.5 Å². The van der Waals surface area contributed by atoms with Crippen molar-refractivity contribution in [3.05, 3.63) is 60.2 Å². The lowest BCUT2D eigenvalue weighted by Crippen LogP contribution is -2.21. The van der Waals surface area contributed by atoms with Gasteiger partial charge < -0.3 is 20.5 Å². The Labute approximate surface area is 188 Å². The van der Waals surface area contributed by atoms with Crippen LogP contribution in [0.2, 0.25) is 0 Å². The molecule has 0 bridgehead atoms. The van der Waals surface area contributed by atoms with Crippen molar-refractivity contribution in [3.63, 3.8) is 0 Å². The Morgan fingerprint density at radius 2 is 1.91 bits per heavy atom. The van der Waals surface area contributed by atoms with Gasteiger partial charge in [-0.2, -0.15) is 4.98 Å². The van der Waals surface area contributed by atoms with Crippen molar-refractivity contribution in [1.82, 2.24) is 30.6 Å². The Morgan fingerprint density at radius 1 is 1.03 bits per heavy atom. The van der Waals surface area contributed by atoms with Crippen LogP contribution in [0.15, 0.2) is 58.1 Å². The average molecular weight is 449 g/mol. The van der Waals surface area contributed by atoms with Crippen molar-refractivity contribution in [2.24, 2.45) is 0 Å². The van der Waals surface area contributed by atoms with Gasteiger partial charge in [-0.1, -0.05) is 17.3 Å². The molecule has 1 aromatic carbocycles. The summed E-state index contributed by atoms with van der Waals surface area (Å²) in [5.41, 5.74) is 2.22. The SMILES string of the molecule is CNC(=O)c1nnc(Nc2ccccn2)cc1Nc1cccc(-c2noc(C)n2)c1SC. The minimum atomic E-state index is -0.361. The molecule has 4 aromatic rings. The highest BCUT2D eigenvalue weighted by molar-refractivity contribution is 7.98. The maximum atomic E-state index is 12.4. The van der Waals surface area contributed by atoms with Crippen LogP contribution in [0.5, 0.6) is 0 Å². The van der Waals surface area contributed by atoms with Crippen LogP contribution in [0, 0.1) is 6.92 Å². The van der Waals surface area contributed by atoms with Crippen LogP contribution in [0.1, 0.15) is 16.4 Å².